The van der Waals surface area contributed by atoms with E-state index in [4.69, 9.17) is 10.5 Å². The number of carbonyl (C=O) groups excluding carboxylic acids is 1. The minimum absolute atomic E-state index is 0.0176. The van der Waals surface area contributed by atoms with Crippen molar-refractivity contribution in [2.45, 2.75) is 25.9 Å². The van der Waals surface area contributed by atoms with Gasteiger partial charge in [-0.3, -0.25) is 4.79 Å². The van der Waals surface area contributed by atoms with Gasteiger partial charge in [0.2, 0.25) is 5.91 Å². The van der Waals surface area contributed by atoms with Gasteiger partial charge in [-0.2, -0.15) is 17.0 Å². The van der Waals surface area contributed by atoms with Crippen LogP contribution in [-0.2, 0) is 19.7 Å². The van der Waals surface area contributed by atoms with E-state index in [1.54, 1.807) is 0 Å². The van der Waals surface area contributed by atoms with Crippen molar-refractivity contribution in [2.75, 3.05) is 32.8 Å². The van der Waals surface area contributed by atoms with Crippen LogP contribution in [0.25, 0.3) is 0 Å². The van der Waals surface area contributed by atoms with Gasteiger partial charge >= 0.3 is 0 Å². The molecule has 1 amide bonds. The molecule has 2 saturated heterocycles. The highest BCUT2D eigenvalue weighted by Gasteiger charge is 2.36. The number of hydrogen-bond acceptors (Lipinski definition) is 4. The lowest BCUT2D eigenvalue weighted by Gasteiger charge is -2.37. The van der Waals surface area contributed by atoms with Crippen molar-refractivity contribution in [1.82, 2.24) is 8.61 Å². The topological polar surface area (TPSA) is 92.9 Å². The lowest BCUT2D eigenvalue weighted by molar-refractivity contribution is -0.132. The number of ether oxygens (including phenoxy) is 1. The Balaban J connectivity index is 2.04. The summed E-state index contributed by atoms with van der Waals surface area (Å²) >= 11 is 0. The highest BCUT2D eigenvalue weighted by atomic mass is 32.2. The van der Waals surface area contributed by atoms with Gasteiger partial charge in [-0.15, -0.1) is 0 Å². The summed E-state index contributed by atoms with van der Waals surface area (Å²) in [5.41, 5.74) is 5.17. The van der Waals surface area contributed by atoms with Crippen LogP contribution in [0.5, 0.6) is 0 Å². The maximum Gasteiger partial charge on any atom is 0.282 e. The summed E-state index contributed by atoms with van der Waals surface area (Å²) in [4.78, 5) is 11.1. The van der Waals surface area contributed by atoms with Crippen LogP contribution < -0.4 is 5.73 Å². The standard InChI is InChI=1S/C11H21N3O4S/c1-9-2-4-13(5-3-9)19(16,17)14-6-7-18-10(8-14)11(12)15/h9-10H,2-8H2,1H3,(H2,12,15)/t10-/m1/s1. The minimum atomic E-state index is -3.50. The Hall–Kier alpha value is -0.700. The zero-order valence-electron chi connectivity index (χ0n) is 11.1. The summed E-state index contributed by atoms with van der Waals surface area (Å²) in [5.74, 6) is -0.0540. The van der Waals surface area contributed by atoms with Crippen LogP contribution in [0, 0.1) is 5.92 Å². The smallest absolute Gasteiger partial charge is 0.282 e. The summed E-state index contributed by atoms with van der Waals surface area (Å²) in [6.45, 7) is 3.71. The molecule has 2 rings (SSSR count). The van der Waals surface area contributed by atoms with E-state index >= 15 is 0 Å². The van der Waals surface area contributed by atoms with Crippen molar-refractivity contribution in [1.29, 1.82) is 0 Å². The second-order valence-corrected chi connectivity index (χ2v) is 7.14. The molecule has 0 saturated carbocycles. The van der Waals surface area contributed by atoms with Crippen molar-refractivity contribution in [3.8, 4) is 0 Å². The number of morpholine rings is 1. The first-order valence-electron chi connectivity index (χ1n) is 6.57. The number of primary amides is 1. The molecule has 2 fully saturated rings. The van der Waals surface area contributed by atoms with Crippen LogP contribution in [0.15, 0.2) is 0 Å². The Labute approximate surface area is 113 Å². The van der Waals surface area contributed by atoms with Gasteiger partial charge in [0.15, 0.2) is 0 Å². The summed E-state index contributed by atoms with van der Waals surface area (Å²) < 4.78 is 32.9. The third-order valence-corrected chi connectivity index (χ3v) is 5.74. The molecule has 2 aliphatic rings. The van der Waals surface area contributed by atoms with E-state index < -0.39 is 22.2 Å². The number of nitrogens with two attached hydrogens (primary N) is 1. The first-order valence-corrected chi connectivity index (χ1v) is 7.97. The summed E-state index contributed by atoms with van der Waals surface area (Å²) in [6.07, 6.45) is 0.915. The van der Waals surface area contributed by atoms with Gasteiger partial charge in [-0.1, -0.05) is 6.92 Å². The molecular formula is C11H21N3O4S. The SMILES string of the molecule is CC1CCN(S(=O)(=O)N2CCO[C@@H](C(N)=O)C2)CC1. The Bertz CT molecular complexity index is 431. The average Bonchev–Trinajstić information content (AvgIpc) is 2.39. The largest absolute Gasteiger partial charge is 0.367 e. The zero-order valence-corrected chi connectivity index (χ0v) is 11.9. The van der Waals surface area contributed by atoms with Gasteiger partial charge < -0.3 is 10.5 Å². The van der Waals surface area contributed by atoms with Crippen LogP contribution in [-0.4, -0.2) is 61.8 Å². The monoisotopic (exact) mass is 291 g/mol. The third-order valence-electron chi connectivity index (χ3n) is 3.74. The van der Waals surface area contributed by atoms with Gasteiger partial charge in [0.1, 0.15) is 6.10 Å². The number of piperidine rings is 1. The van der Waals surface area contributed by atoms with Gasteiger partial charge in [0, 0.05) is 19.6 Å². The maximum absolute atomic E-state index is 12.5. The fraction of sp³-hybridized carbons (Fsp3) is 0.909. The molecule has 0 aromatic rings. The molecular weight excluding hydrogens is 270 g/mol. The van der Waals surface area contributed by atoms with E-state index in [9.17, 15) is 13.2 Å². The Morgan fingerprint density at radius 3 is 2.42 bits per heavy atom. The molecule has 1 atom stereocenters. The van der Waals surface area contributed by atoms with E-state index in [2.05, 4.69) is 6.92 Å². The molecule has 0 bridgehead atoms. The van der Waals surface area contributed by atoms with E-state index in [-0.39, 0.29) is 19.7 Å². The Kier molecular flexibility index (Phi) is 4.44. The van der Waals surface area contributed by atoms with Gasteiger partial charge in [0.25, 0.3) is 10.2 Å². The van der Waals surface area contributed by atoms with Crippen LogP contribution in [0.4, 0.5) is 0 Å². The molecule has 19 heavy (non-hydrogen) atoms. The van der Waals surface area contributed by atoms with Crippen LogP contribution in [0.1, 0.15) is 19.8 Å². The quantitative estimate of drug-likeness (QED) is 0.733. The highest BCUT2D eigenvalue weighted by Crippen LogP contribution is 2.22. The summed E-state index contributed by atoms with van der Waals surface area (Å²) in [5, 5.41) is 0. The molecule has 0 aromatic heterocycles. The van der Waals surface area contributed by atoms with Crippen LogP contribution in [0.2, 0.25) is 0 Å². The molecule has 2 aliphatic heterocycles. The number of rotatable bonds is 3. The molecule has 0 aromatic carbocycles. The maximum atomic E-state index is 12.5. The van der Waals surface area contributed by atoms with Crippen molar-refractivity contribution in [3.05, 3.63) is 0 Å². The Morgan fingerprint density at radius 2 is 1.84 bits per heavy atom. The molecule has 7 nitrogen and oxygen atoms in total. The van der Waals surface area contributed by atoms with E-state index in [0.717, 1.165) is 12.8 Å². The van der Waals surface area contributed by atoms with Gasteiger partial charge in [-0.25, -0.2) is 0 Å². The van der Waals surface area contributed by atoms with E-state index in [1.807, 2.05) is 0 Å². The van der Waals surface area contributed by atoms with Crippen molar-refractivity contribution in [3.63, 3.8) is 0 Å². The molecule has 0 unspecified atom stereocenters. The number of carbonyl (C=O) groups is 1. The number of hydrogen-bond donors (Lipinski definition) is 1. The first kappa shape index (κ1) is 14.7. The second kappa shape index (κ2) is 5.74. The van der Waals surface area contributed by atoms with E-state index in [0.29, 0.717) is 19.0 Å². The predicted octanol–water partition coefficient (Wildman–Crippen LogP) is -0.851. The third kappa shape index (κ3) is 3.25. The molecule has 2 heterocycles. The second-order valence-electron chi connectivity index (χ2n) is 5.21. The molecule has 2 N–H and O–H groups in total. The fourth-order valence-electron chi connectivity index (χ4n) is 2.39. The molecule has 8 heteroatoms. The number of nitrogens with zero attached hydrogens (tertiary/aromatic N) is 2. The van der Waals surface area contributed by atoms with Crippen LogP contribution >= 0.6 is 0 Å². The van der Waals surface area contributed by atoms with Crippen LogP contribution in [0.3, 0.4) is 0 Å². The van der Waals surface area contributed by atoms with Gasteiger partial charge in [-0.05, 0) is 18.8 Å². The lowest BCUT2D eigenvalue weighted by Crippen LogP contribution is -2.55. The number of amides is 1. The van der Waals surface area contributed by atoms with Crippen molar-refractivity contribution in [2.24, 2.45) is 11.7 Å². The average molecular weight is 291 g/mol. The van der Waals surface area contributed by atoms with Gasteiger partial charge in [0.05, 0.1) is 13.2 Å². The lowest BCUT2D eigenvalue weighted by atomic mass is 10.0. The minimum Gasteiger partial charge on any atom is -0.367 e. The summed E-state index contributed by atoms with van der Waals surface area (Å²) in [6, 6.07) is 0. The first-order chi connectivity index (χ1) is 8.91. The molecule has 0 radical (unpaired) electrons. The predicted molar refractivity (Wildman–Crippen MR) is 69.4 cm³/mol. The normalized spacial score (nSPS) is 28.4. The molecule has 0 aliphatic carbocycles. The van der Waals surface area contributed by atoms with Crippen molar-refractivity contribution >= 4 is 16.1 Å². The highest BCUT2D eigenvalue weighted by molar-refractivity contribution is 7.86. The Morgan fingerprint density at radius 1 is 1.21 bits per heavy atom. The summed E-state index contributed by atoms with van der Waals surface area (Å²) in [7, 11) is -3.50. The zero-order chi connectivity index (χ0) is 14.0. The van der Waals surface area contributed by atoms with E-state index in [1.165, 1.54) is 8.61 Å². The molecule has 0 spiro atoms. The fourth-order valence-corrected chi connectivity index (χ4v) is 4.01. The van der Waals surface area contributed by atoms with Crippen molar-refractivity contribution < 1.29 is 17.9 Å². The molecule has 110 valence electrons.